The second-order valence-electron chi connectivity index (χ2n) is 5.71. The van der Waals surface area contributed by atoms with E-state index in [4.69, 9.17) is 4.74 Å². The fourth-order valence-corrected chi connectivity index (χ4v) is 2.26. The Bertz CT molecular complexity index is 713. The molecule has 0 radical (unpaired) electrons. The molecule has 0 aromatic heterocycles. The maximum Gasteiger partial charge on any atom is 0.338 e. The molecule has 2 aromatic carbocycles. The molecule has 25 heavy (non-hydrogen) atoms. The number of nitrogens with one attached hydrogen (secondary N) is 1. The standard InChI is InChI=1S/C20H22FNO3/c1-2-3-14-25-20(24)16-8-11-17(12-9-16)22-19(23)13-10-15-6-4-5-7-18(15)21/h4-9,11-12H,2-3,10,13-14H2,1H3,(H,22,23). The van der Waals surface area contributed by atoms with Gasteiger partial charge >= 0.3 is 5.97 Å². The Morgan fingerprint density at radius 1 is 1.08 bits per heavy atom. The number of carbonyl (C=O) groups is 2. The van der Waals surface area contributed by atoms with Crippen molar-refractivity contribution in [2.75, 3.05) is 11.9 Å². The fraction of sp³-hybridized carbons (Fsp3) is 0.300. The summed E-state index contributed by atoms with van der Waals surface area (Å²) in [5.41, 5.74) is 1.55. The van der Waals surface area contributed by atoms with Crippen LogP contribution in [0.2, 0.25) is 0 Å². The van der Waals surface area contributed by atoms with Crippen LogP contribution in [0.4, 0.5) is 10.1 Å². The summed E-state index contributed by atoms with van der Waals surface area (Å²) >= 11 is 0. The molecule has 0 unspecified atom stereocenters. The van der Waals surface area contributed by atoms with Crippen LogP contribution in [0.1, 0.15) is 42.1 Å². The van der Waals surface area contributed by atoms with Crippen molar-refractivity contribution < 1.29 is 18.7 Å². The average Bonchev–Trinajstić information content (AvgIpc) is 2.62. The Labute approximate surface area is 147 Å². The van der Waals surface area contributed by atoms with Crippen molar-refractivity contribution in [1.29, 1.82) is 0 Å². The highest BCUT2D eigenvalue weighted by molar-refractivity contribution is 5.93. The molecule has 1 amide bonds. The van der Waals surface area contributed by atoms with Crippen LogP contribution in [0.5, 0.6) is 0 Å². The summed E-state index contributed by atoms with van der Waals surface area (Å²) < 4.78 is 18.6. The van der Waals surface area contributed by atoms with E-state index in [2.05, 4.69) is 5.32 Å². The van der Waals surface area contributed by atoms with Gasteiger partial charge in [0.2, 0.25) is 5.91 Å². The van der Waals surface area contributed by atoms with E-state index >= 15 is 0 Å². The minimum Gasteiger partial charge on any atom is -0.462 e. The van der Waals surface area contributed by atoms with E-state index < -0.39 is 0 Å². The van der Waals surface area contributed by atoms with Crippen LogP contribution in [-0.4, -0.2) is 18.5 Å². The molecule has 5 heteroatoms. The van der Waals surface area contributed by atoms with Gasteiger partial charge in [0.1, 0.15) is 5.82 Å². The third-order valence-electron chi connectivity index (χ3n) is 3.71. The maximum absolute atomic E-state index is 13.5. The predicted molar refractivity (Wildman–Crippen MR) is 95.0 cm³/mol. The average molecular weight is 343 g/mol. The molecule has 0 saturated carbocycles. The molecule has 1 N–H and O–H groups in total. The topological polar surface area (TPSA) is 55.4 Å². The van der Waals surface area contributed by atoms with Gasteiger partial charge in [-0.25, -0.2) is 9.18 Å². The monoisotopic (exact) mass is 343 g/mol. The highest BCUT2D eigenvalue weighted by Gasteiger charge is 2.09. The first-order chi connectivity index (χ1) is 12.1. The van der Waals surface area contributed by atoms with Gasteiger partial charge in [0.25, 0.3) is 0 Å². The number of unbranched alkanes of at least 4 members (excludes halogenated alkanes) is 1. The number of esters is 1. The lowest BCUT2D eigenvalue weighted by Gasteiger charge is -2.07. The summed E-state index contributed by atoms with van der Waals surface area (Å²) in [5, 5.41) is 2.74. The molecule has 4 nitrogen and oxygen atoms in total. The number of hydrogen-bond acceptors (Lipinski definition) is 3. The Kier molecular flexibility index (Phi) is 7.14. The lowest BCUT2D eigenvalue weighted by Crippen LogP contribution is -2.13. The van der Waals surface area contributed by atoms with E-state index in [1.54, 1.807) is 42.5 Å². The van der Waals surface area contributed by atoms with E-state index in [1.165, 1.54) is 6.07 Å². The Balaban J connectivity index is 1.83. The lowest BCUT2D eigenvalue weighted by molar-refractivity contribution is -0.116. The third kappa shape index (κ3) is 6.03. The summed E-state index contributed by atoms with van der Waals surface area (Å²) in [7, 11) is 0. The quantitative estimate of drug-likeness (QED) is 0.572. The van der Waals surface area contributed by atoms with E-state index in [0.717, 1.165) is 12.8 Å². The molecule has 0 fully saturated rings. The van der Waals surface area contributed by atoms with Crippen LogP contribution in [0.3, 0.4) is 0 Å². The van der Waals surface area contributed by atoms with Crippen LogP contribution < -0.4 is 5.32 Å². The van der Waals surface area contributed by atoms with Gasteiger partial charge in [0, 0.05) is 12.1 Å². The number of carbonyl (C=O) groups excluding carboxylic acids is 2. The first-order valence-corrected chi connectivity index (χ1v) is 8.40. The van der Waals surface area contributed by atoms with Gasteiger partial charge in [-0.05, 0) is 48.7 Å². The molecular weight excluding hydrogens is 321 g/mol. The van der Waals surface area contributed by atoms with Crippen LogP contribution in [0.25, 0.3) is 0 Å². The number of halogens is 1. The molecule has 0 spiro atoms. The summed E-state index contributed by atoms with van der Waals surface area (Å²) in [6.07, 6.45) is 2.31. The van der Waals surface area contributed by atoms with Gasteiger partial charge in [0.05, 0.1) is 12.2 Å². The van der Waals surface area contributed by atoms with Crippen LogP contribution in [0.15, 0.2) is 48.5 Å². The molecule has 2 rings (SSSR count). The van der Waals surface area contributed by atoms with Crippen LogP contribution >= 0.6 is 0 Å². The summed E-state index contributed by atoms with van der Waals surface area (Å²) in [5.74, 6) is -0.881. The van der Waals surface area contributed by atoms with Crippen LogP contribution in [0, 0.1) is 5.82 Å². The minimum atomic E-state index is -0.370. The number of ether oxygens (including phenoxy) is 1. The van der Waals surface area contributed by atoms with Crippen molar-refractivity contribution in [3.8, 4) is 0 Å². The Morgan fingerprint density at radius 3 is 2.48 bits per heavy atom. The molecule has 0 aliphatic rings. The first kappa shape index (κ1) is 18.6. The van der Waals surface area contributed by atoms with Crippen molar-refractivity contribution >= 4 is 17.6 Å². The molecule has 132 valence electrons. The fourth-order valence-electron chi connectivity index (χ4n) is 2.26. The third-order valence-corrected chi connectivity index (χ3v) is 3.71. The molecule has 0 aliphatic heterocycles. The first-order valence-electron chi connectivity index (χ1n) is 8.40. The number of amides is 1. The maximum atomic E-state index is 13.5. The normalized spacial score (nSPS) is 10.3. The number of benzene rings is 2. The lowest BCUT2D eigenvalue weighted by atomic mass is 10.1. The molecule has 2 aromatic rings. The highest BCUT2D eigenvalue weighted by Crippen LogP contribution is 2.13. The van der Waals surface area contributed by atoms with E-state index in [0.29, 0.717) is 29.8 Å². The van der Waals surface area contributed by atoms with Crippen LogP contribution in [-0.2, 0) is 16.0 Å². The highest BCUT2D eigenvalue weighted by atomic mass is 19.1. The number of anilines is 1. The summed E-state index contributed by atoms with van der Waals surface area (Å²) in [6.45, 7) is 2.43. The second-order valence-corrected chi connectivity index (χ2v) is 5.71. The minimum absolute atomic E-state index is 0.182. The molecular formula is C20H22FNO3. The van der Waals surface area contributed by atoms with Crippen molar-refractivity contribution in [3.63, 3.8) is 0 Å². The van der Waals surface area contributed by atoms with E-state index in [1.807, 2.05) is 6.92 Å². The van der Waals surface area contributed by atoms with Gasteiger partial charge < -0.3 is 10.1 Å². The van der Waals surface area contributed by atoms with E-state index in [-0.39, 0.29) is 24.1 Å². The summed E-state index contributed by atoms with van der Waals surface area (Å²) in [4.78, 5) is 23.8. The number of aryl methyl sites for hydroxylation is 1. The molecule has 0 aliphatic carbocycles. The van der Waals surface area contributed by atoms with Gasteiger partial charge in [-0.15, -0.1) is 0 Å². The van der Waals surface area contributed by atoms with Crippen molar-refractivity contribution in [2.45, 2.75) is 32.6 Å². The van der Waals surface area contributed by atoms with Gasteiger partial charge in [-0.1, -0.05) is 31.5 Å². The zero-order valence-corrected chi connectivity index (χ0v) is 14.3. The largest absolute Gasteiger partial charge is 0.462 e. The molecule has 0 bridgehead atoms. The molecule has 0 saturated heterocycles. The summed E-state index contributed by atoms with van der Waals surface area (Å²) in [6, 6.07) is 12.9. The SMILES string of the molecule is CCCCOC(=O)c1ccc(NC(=O)CCc2ccccc2F)cc1. The van der Waals surface area contributed by atoms with Gasteiger partial charge in [-0.2, -0.15) is 0 Å². The predicted octanol–water partition coefficient (Wildman–Crippen LogP) is 4.35. The number of rotatable bonds is 8. The Hall–Kier alpha value is -2.69. The zero-order chi connectivity index (χ0) is 18.1. The number of hydrogen-bond donors (Lipinski definition) is 1. The van der Waals surface area contributed by atoms with Gasteiger partial charge in [0.15, 0.2) is 0 Å². The molecule has 0 atom stereocenters. The van der Waals surface area contributed by atoms with Crippen molar-refractivity contribution in [2.24, 2.45) is 0 Å². The zero-order valence-electron chi connectivity index (χ0n) is 14.3. The van der Waals surface area contributed by atoms with Crippen molar-refractivity contribution in [3.05, 3.63) is 65.5 Å². The smallest absolute Gasteiger partial charge is 0.338 e. The van der Waals surface area contributed by atoms with Crippen molar-refractivity contribution in [1.82, 2.24) is 0 Å². The van der Waals surface area contributed by atoms with Gasteiger partial charge in [-0.3, -0.25) is 4.79 Å². The van der Waals surface area contributed by atoms with E-state index in [9.17, 15) is 14.0 Å². The second kappa shape index (κ2) is 9.57. The Morgan fingerprint density at radius 2 is 1.80 bits per heavy atom. The molecule has 0 heterocycles.